The molecule has 0 spiro atoms. The minimum absolute atomic E-state index is 0.357. The molecule has 2 aromatic carbocycles. The van der Waals surface area contributed by atoms with Gasteiger partial charge in [-0.15, -0.1) is 10.2 Å². The molecule has 0 atom stereocenters. The summed E-state index contributed by atoms with van der Waals surface area (Å²) < 4.78 is 13.6. The highest BCUT2D eigenvalue weighted by Crippen LogP contribution is 2.24. The van der Waals surface area contributed by atoms with Gasteiger partial charge in [0.15, 0.2) is 5.82 Å². The van der Waals surface area contributed by atoms with E-state index in [1.54, 1.807) is 31.2 Å². The highest BCUT2D eigenvalue weighted by molar-refractivity contribution is 5.99. The molecule has 3 aromatic rings. The SMILES string of the molecule is Cc1ccc(NC(=O)Nc2ccc(-c3ccc(N4CCC(C)CC4)nn3)cc2)cc1F. The molecule has 2 N–H and O–H groups in total. The summed E-state index contributed by atoms with van der Waals surface area (Å²) in [7, 11) is 0. The summed E-state index contributed by atoms with van der Waals surface area (Å²) in [4.78, 5) is 14.4. The van der Waals surface area contributed by atoms with Gasteiger partial charge in [-0.2, -0.15) is 0 Å². The molecule has 1 fully saturated rings. The average molecular weight is 420 g/mol. The second-order valence-electron chi connectivity index (χ2n) is 8.07. The predicted molar refractivity (Wildman–Crippen MR) is 122 cm³/mol. The molecule has 1 aliphatic heterocycles. The molecule has 31 heavy (non-hydrogen) atoms. The van der Waals surface area contributed by atoms with Crippen LogP contribution in [0.25, 0.3) is 11.3 Å². The van der Waals surface area contributed by atoms with Crippen molar-refractivity contribution >= 4 is 23.2 Å². The van der Waals surface area contributed by atoms with Gasteiger partial charge in [0.05, 0.1) is 5.69 Å². The Hall–Kier alpha value is -3.48. The lowest BCUT2D eigenvalue weighted by Crippen LogP contribution is -2.33. The number of anilines is 3. The number of halogens is 1. The number of aryl methyl sites for hydroxylation is 1. The smallest absolute Gasteiger partial charge is 0.323 e. The largest absolute Gasteiger partial charge is 0.355 e. The zero-order chi connectivity index (χ0) is 21.8. The van der Waals surface area contributed by atoms with Crippen LogP contribution in [0.15, 0.2) is 54.6 Å². The highest BCUT2D eigenvalue weighted by Gasteiger charge is 2.17. The summed E-state index contributed by atoms with van der Waals surface area (Å²) in [6.07, 6.45) is 2.37. The lowest BCUT2D eigenvalue weighted by molar-refractivity contribution is 0.262. The summed E-state index contributed by atoms with van der Waals surface area (Å²) in [5.41, 5.74) is 3.25. The molecule has 1 aliphatic rings. The first-order chi connectivity index (χ1) is 15.0. The second kappa shape index (κ2) is 9.12. The summed E-state index contributed by atoms with van der Waals surface area (Å²) >= 11 is 0. The minimum Gasteiger partial charge on any atom is -0.355 e. The number of urea groups is 1. The summed E-state index contributed by atoms with van der Waals surface area (Å²) in [5, 5.41) is 14.1. The van der Waals surface area contributed by atoms with E-state index in [9.17, 15) is 9.18 Å². The number of carbonyl (C=O) groups excluding carboxylic acids is 1. The van der Waals surface area contributed by atoms with Gasteiger partial charge >= 0.3 is 6.03 Å². The molecule has 7 heteroatoms. The van der Waals surface area contributed by atoms with Crippen LogP contribution < -0.4 is 15.5 Å². The van der Waals surface area contributed by atoms with E-state index in [0.717, 1.165) is 36.1 Å². The molecule has 1 aromatic heterocycles. The Balaban J connectivity index is 1.36. The minimum atomic E-state index is -0.434. The van der Waals surface area contributed by atoms with Crippen molar-refractivity contribution in [1.29, 1.82) is 0 Å². The van der Waals surface area contributed by atoms with Crippen molar-refractivity contribution in [2.45, 2.75) is 26.7 Å². The molecular formula is C24H26FN5O. The molecular weight excluding hydrogens is 393 g/mol. The highest BCUT2D eigenvalue weighted by atomic mass is 19.1. The van der Waals surface area contributed by atoms with E-state index in [4.69, 9.17) is 0 Å². The van der Waals surface area contributed by atoms with Gasteiger partial charge in [0.1, 0.15) is 5.82 Å². The van der Waals surface area contributed by atoms with E-state index in [-0.39, 0.29) is 5.82 Å². The van der Waals surface area contributed by atoms with Crippen molar-refractivity contribution in [3.8, 4) is 11.3 Å². The number of piperidine rings is 1. The van der Waals surface area contributed by atoms with Crippen LogP contribution >= 0.6 is 0 Å². The standard InChI is InChI=1S/C24H26FN5O/c1-16-11-13-30(14-12-16)23-10-9-22(28-29-23)18-4-7-19(8-5-18)26-24(31)27-20-6-3-17(2)21(25)15-20/h3-10,15-16H,11-14H2,1-2H3,(H2,26,27,31). The first-order valence-corrected chi connectivity index (χ1v) is 10.5. The summed E-state index contributed by atoms with van der Waals surface area (Å²) in [6, 6.07) is 15.5. The third kappa shape index (κ3) is 5.17. The number of hydrogen-bond acceptors (Lipinski definition) is 4. The fourth-order valence-corrected chi connectivity index (χ4v) is 3.57. The lowest BCUT2D eigenvalue weighted by atomic mass is 9.99. The Morgan fingerprint density at radius 2 is 1.65 bits per heavy atom. The van der Waals surface area contributed by atoms with Crippen molar-refractivity contribution in [3.63, 3.8) is 0 Å². The topological polar surface area (TPSA) is 70.2 Å². The molecule has 2 heterocycles. The molecule has 1 saturated heterocycles. The zero-order valence-corrected chi connectivity index (χ0v) is 17.7. The van der Waals surface area contributed by atoms with Gasteiger partial charge in [-0.05, 0) is 67.6 Å². The van der Waals surface area contributed by atoms with Crippen molar-refractivity contribution in [1.82, 2.24) is 10.2 Å². The number of aromatic nitrogens is 2. The zero-order valence-electron chi connectivity index (χ0n) is 17.7. The van der Waals surface area contributed by atoms with Crippen LogP contribution in [-0.2, 0) is 0 Å². The number of nitrogens with one attached hydrogen (secondary N) is 2. The predicted octanol–water partition coefficient (Wildman–Crippen LogP) is 5.47. The van der Waals surface area contributed by atoms with Crippen molar-refractivity contribution < 1.29 is 9.18 Å². The molecule has 0 radical (unpaired) electrons. The monoisotopic (exact) mass is 419 g/mol. The summed E-state index contributed by atoms with van der Waals surface area (Å²) in [6.45, 7) is 6.00. The Labute approximate surface area is 181 Å². The van der Waals surface area contributed by atoms with Gasteiger partial charge < -0.3 is 15.5 Å². The molecule has 0 bridgehead atoms. The number of carbonyl (C=O) groups is 1. The maximum absolute atomic E-state index is 13.6. The molecule has 0 aliphatic carbocycles. The average Bonchev–Trinajstić information content (AvgIpc) is 2.77. The Bertz CT molecular complexity index is 1040. The van der Waals surface area contributed by atoms with Crippen molar-refractivity contribution in [3.05, 3.63) is 66.0 Å². The number of benzene rings is 2. The number of amides is 2. The molecule has 4 rings (SSSR count). The third-order valence-corrected chi connectivity index (χ3v) is 5.63. The number of nitrogens with zero attached hydrogens (tertiary/aromatic N) is 3. The van der Waals surface area contributed by atoms with Crippen LogP contribution in [0.5, 0.6) is 0 Å². The molecule has 160 valence electrons. The third-order valence-electron chi connectivity index (χ3n) is 5.63. The van der Waals surface area contributed by atoms with Crippen molar-refractivity contribution in [2.24, 2.45) is 5.92 Å². The Morgan fingerprint density at radius 1 is 0.968 bits per heavy atom. The van der Waals surface area contributed by atoms with Gasteiger partial charge in [0.2, 0.25) is 0 Å². The van der Waals surface area contributed by atoms with E-state index < -0.39 is 6.03 Å². The van der Waals surface area contributed by atoms with Crippen LogP contribution in [0.4, 0.5) is 26.4 Å². The summed E-state index contributed by atoms with van der Waals surface area (Å²) in [5.74, 6) is 1.33. The van der Waals surface area contributed by atoms with E-state index >= 15 is 0 Å². The van der Waals surface area contributed by atoms with Crippen LogP contribution in [-0.4, -0.2) is 29.3 Å². The second-order valence-corrected chi connectivity index (χ2v) is 8.07. The molecule has 0 saturated carbocycles. The quantitative estimate of drug-likeness (QED) is 0.588. The van der Waals surface area contributed by atoms with Gasteiger partial charge in [-0.25, -0.2) is 9.18 Å². The lowest BCUT2D eigenvalue weighted by Gasteiger charge is -2.30. The van der Waals surface area contributed by atoms with Crippen LogP contribution in [0.2, 0.25) is 0 Å². The maximum Gasteiger partial charge on any atom is 0.323 e. The fraction of sp³-hybridized carbons (Fsp3) is 0.292. The normalized spacial score (nSPS) is 14.4. The van der Waals surface area contributed by atoms with E-state index in [0.29, 0.717) is 16.9 Å². The first-order valence-electron chi connectivity index (χ1n) is 10.5. The number of rotatable bonds is 4. The number of hydrogen-bond donors (Lipinski definition) is 2. The van der Waals surface area contributed by atoms with Gasteiger partial charge in [-0.3, -0.25) is 0 Å². The van der Waals surface area contributed by atoms with Crippen LogP contribution in [0.3, 0.4) is 0 Å². The van der Waals surface area contributed by atoms with Crippen LogP contribution in [0.1, 0.15) is 25.3 Å². The maximum atomic E-state index is 13.6. The Kier molecular flexibility index (Phi) is 6.11. The van der Waals surface area contributed by atoms with E-state index in [2.05, 4.69) is 32.7 Å². The van der Waals surface area contributed by atoms with Gasteiger partial charge in [0.25, 0.3) is 0 Å². The van der Waals surface area contributed by atoms with E-state index in [1.807, 2.05) is 24.3 Å². The van der Waals surface area contributed by atoms with Gasteiger partial charge in [-0.1, -0.05) is 25.1 Å². The molecule has 6 nitrogen and oxygen atoms in total. The fourth-order valence-electron chi connectivity index (χ4n) is 3.57. The van der Waals surface area contributed by atoms with Gasteiger partial charge in [0, 0.05) is 30.0 Å². The Morgan fingerprint density at radius 3 is 2.29 bits per heavy atom. The van der Waals surface area contributed by atoms with Crippen molar-refractivity contribution in [2.75, 3.05) is 28.6 Å². The molecule has 2 amide bonds. The molecule has 0 unspecified atom stereocenters. The van der Waals surface area contributed by atoms with Crippen LogP contribution in [0, 0.1) is 18.7 Å². The first kappa shape index (κ1) is 20.8. The van der Waals surface area contributed by atoms with E-state index in [1.165, 1.54) is 18.9 Å².